The van der Waals surface area contributed by atoms with Crippen LogP contribution in [0.5, 0.6) is 0 Å². The van der Waals surface area contributed by atoms with Gasteiger partial charge in [0.2, 0.25) is 11.8 Å². The van der Waals surface area contributed by atoms with Crippen LogP contribution in [0.2, 0.25) is 0 Å². The fraction of sp³-hybridized carbons (Fsp3) is 0.429. The number of hydrogen-bond acceptors (Lipinski definition) is 5. The fourth-order valence-corrected chi connectivity index (χ4v) is 4.41. The highest BCUT2D eigenvalue weighted by atomic mass is 16.3. The highest BCUT2D eigenvalue weighted by Crippen LogP contribution is 2.33. The van der Waals surface area contributed by atoms with Gasteiger partial charge >= 0.3 is 0 Å². The van der Waals surface area contributed by atoms with Crippen LogP contribution in [-0.2, 0) is 19.8 Å². The average Bonchev–Trinajstić information content (AvgIpc) is 3.36. The van der Waals surface area contributed by atoms with Gasteiger partial charge in [0.1, 0.15) is 12.1 Å². The number of benzene rings is 1. The lowest BCUT2D eigenvalue weighted by atomic mass is 9.87. The lowest BCUT2D eigenvalue weighted by molar-refractivity contribution is -0.135. The van der Waals surface area contributed by atoms with Crippen LogP contribution in [0.4, 0.5) is 5.69 Å². The molecule has 8 nitrogen and oxygen atoms in total. The van der Waals surface area contributed by atoms with Gasteiger partial charge in [-0.05, 0) is 55.0 Å². The molecule has 192 valence electrons. The number of rotatable bonds is 8. The number of nitrogens with one attached hydrogen (secondary N) is 1. The maximum Gasteiger partial charge on any atom is 0.250 e. The molecule has 8 heteroatoms. The third kappa shape index (κ3) is 5.99. The van der Waals surface area contributed by atoms with E-state index in [0.717, 1.165) is 5.56 Å². The van der Waals surface area contributed by atoms with Crippen LogP contribution < -0.4 is 10.2 Å². The second-order valence-corrected chi connectivity index (χ2v) is 10.2. The van der Waals surface area contributed by atoms with Gasteiger partial charge in [-0.1, -0.05) is 45.5 Å². The average molecular weight is 493 g/mol. The number of hydrogen-bond donors (Lipinski definition) is 2. The molecule has 0 spiro atoms. The largest absolute Gasteiger partial charge is 0.394 e. The van der Waals surface area contributed by atoms with E-state index in [1.54, 1.807) is 31.5 Å². The van der Waals surface area contributed by atoms with E-state index in [4.69, 9.17) is 0 Å². The Hall–Kier alpha value is -3.52. The molecule has 1 aliphatic heterocycles. The van der Waals surface area contributed by atoms with Crippen molar-refractivity contribution in [3.05, 3.63) is 72.6 Å². The molecule has 2 heterocycles. The standard InChI is InChI=1S/C28H36N4O4/c1-6-24(34)31-16-8-10-23(31)27(36)32(22-13-11-21(12-14-22)28(3,4)5)25(20-9-7-15-29-17-20)26(35)30-19(2)18-33/h6-7,9,11-15,17,19,23,25,33H,1,8,10,16,18H2,2-5H3,(H,30,35). The number of pyridine rings is 1. The van der Waals surface area contributed by atoms with Gasteiger partial charge in [-0.2, -0.15) is 0 Å². The van der Waals surface area contributed by atoms with Crippen molar-refractivity contribution in [2.75, 3.05) is 18.1 Å². The van der Waals surface area contributed by atoms with Gasteiger partial charge in [0.25, 0.3) is 5.91 Å². The summed E-state index contributed by atoms with van der Waals surface area (Å²) in [4.78, 5) is 47.5. The van der Waals surface area contributed by atoms with Crippen molar-refractivity contribution in [3.8, 4) is 0 Å². The lowest BCUT2D eigenvalue weighted by Crippen LogP contribution is -2.53. The highest BCUT2D eigenvalue weighted by Gasteiger charge is 2.41. The van der Waals surface area contributed by atoms with Crippen LogP contribution in [-0.4, -0.2) is 57.9 Å². The molecule has 3 rings (SSSR count). The van der Waals surface area contributed by atoms with Crippen LogP contribution >= 0.6 is 0 Å². The Labute approximate surface area is 213 Å². The molecule has 0 radical (unpaired) electrons. The lowest BCUT2D eigenvalue weighted by Gasteiger charge is -2.36. The highest BCUT2D eigenvalue weighted by molar-refractivity contribution is 6.05. The molecule has 3 amide bonds. The quantitative estimate of drug-likeness (QED) is 0.551. The van der Waals surface area contributed by atoms with Crippen LogP contribution in [0, 0.1) is 0 Å². The van der Waals surface area contributed by atoms with Crippen LogP contribution in [0.1, 0.15) is 57.7 Å². The number of anilines is 1. The molecule has 36 heavy (non-hydrogen) atoms. The summed E-state index contributed by atoms with van der Waals surface area (Å²) in [5.41, 5.74) is 2.04. The van der Waals surface area contributed by atoms with E-state index in [-0.39, 0.29) is 23.8 Å². The third-order valence-electron chi connectivity index (χ3n) is 6.41. The molecule has 0 aliphatic carbocycles. The number of aliphatic hydroxyl groups is 1. The van der Waals surface area contributed by atoms with Gasteiger partial charge < -0.3 is 15.3 Å². The second-order valence-electron chi connectivity index (χ2n) is 10.2. The maximum atomic E-state index is 14.2. The van der Waals surface area contributed by atoms with Crippen LogP contribution in [0.25, 0.3) is 0 Å². The normalized spacial score (nSPS) is 17.2. The van der Waals surface area contributed by atoms with Crippen molar-refractivity contribution in [2.24, 2.45) is 0 Å². The number of amides is 3. The molecule has 3 atom stereocenters. The van der Waals surface area contributed by atoms with Crippen molar-refractivity contribution in [2.45, 2.75) is 64.1 Å². The zero-order valence-electron chi connectivity index (χ0n) is 21.5. The smallest absolute Gasteiger partial charge is 0.250 e. The molecule has 1 saturated heterocycles. The Bertz CT molecular complexity index is 1080. The summed E-state index contributed by atoms with van der Waals surface area (Å²) in [6.45, 7) is 11.8. The first kappa shape index (κ1) is 27.1. The molecule has 3 unspecified atom stereocenters. The molecular formula is C28H36N4O4. The topological polar surface area (TPSA) is 103 Å². The zero-order valence-corrected chi connectivity index (χ0v) is 21.5. The van der Waals surface area contributed by atoms with Gasteiger partial charge in [0.15, 0.2) is 0 Å². The van der Waals surface area contributed by atoms with E-state index in [2.05, 4.69) is 37.7 Å². The summed E-state index contributed by atoms with van der Waals surface area (Å²) in [5.74, 6) is -1.12. The first-order valence-corrected chi connectivity index (χ1v) is 12.3. The first-order chi connectivity index (χ1) is 17.1. The zero-order chi connectivity index (χ0) is 26.5. The number of carbonyl (C=O) groups is 3. The fourth-order valence-electron chi connectivity index (χ4n) is 4.41. The molecule has 1 aliphatic rings. The van der Waals surface area contributed by atoms with Gasteiger partial charge in [-0.3, -0.25) is 24.3 Å². The number of aromatic nitrogens is 1. The van der Waals surface area contributed by atoms with Crippen LogP contribution in [0.3, 0.4) is 0 Å². The molecule has 1 aromatic carbocycles. The van der Waals surface area contributed by atoms with E-state index in [1.165, 1.54) is 15.9 Å². The summed E-state index contributed by atoms with van der Waals surface area (Å²) in [6, 6.07) is 8.73. The van der Waals surface area contributed by atoms with E-state index >= 15 is 0 Å². The maximum absolute atomic E-state index is 14.2. The predicted octanol–water partition coefficient (Wildman–Crippen LogP) is 3.13. The minimum atomic E-state index is -1.05. The summed E-state index contributed by atoms with van der Waals surface area (Å²) >= 11 is 0. The summed E-state index contributed by atoms with van der Waals surface area (Å²) in [6.07, 6.45) is 5.53. The van der Waals surface area contributed by atoms with Crippen molar-refractivity contribution in [1.29, 1.82) is 0 Å². The molecule has 1 fully saturated rings. The molecule has 2 N–H and O–H groups in total. The Morgan fingerprint density at radius 2 is 1.94 bits per heavy atom. The third-order valence-corrected chi connectivity index (χ3v) is 6.41. The molecule has 0 saturated carbocycles. The van der Waals surface area contributed by atoms with Gasteiger partial charge in [-0.15, -0.1) is 0 Å². The van der Waals surface area contributed by atoms with Crippen LogP contribution in [0.15, 0.2) is 61.4 Å². The Morgan fingerprint density at radius 1 is 1.25 bits per heavy atom. The van der Waals surface area contributed by atoms with E-state index in [1.807, 2.05) is 24.3 Å². The Balaban J connectivity index is 2.15. The van der Waals surface area contributed by atoms with Crippen molar-refractivity contribution in [1.82, 2.24) is 15.2 Å². The Kier molecular flexibility index (Phi) is 8.63. The summed E-state index contributed by atoms with van der Waals surface area (Å²) in [7, 11) is 0. The van der Waals surface area contributed by atoms with Gasteiger partial charge in [0, 0.05) is 36.2 Å². The van der Waals surface area contributed by atoms with E-state index in [0.29, 0.717) is 30.6 Å². The van der Waals surface area contributed by atoms with Gasteiger partial charge in [-0.25, -0.2) is 0 Å². The van der Waals surface area contributed by atoms with E-state index < -0.39 is 24.0 Å². The summed E-state index contributed by atoms with van der Waals surface area (Å²) < 4.78 is 0. The summed E-state index contributed by atoms with van der Waals surface area (Å²) in [5, 5.41) is 12.3. The number of likely N-dealkylation sites (tertiary alicyclic amines) is 1. The molecule has 2 aromatic rings. The van der Waals surface area contributed by atoms with Crippen molar-refractivity contribution >= 4 is 23.4 Å². The number of carbonyl (C=O) groups excluding carboxylic acids is 3. The Morgan fingerprint density at radius 3 is 2.50 bits per heavy atom. The molecule has 1 aromatic heterocycles. The van der Waals surface area contributed by atoms with E-state index in [9.17, 15) is 19.5 Å². The predicted molar refractivity (Wildman–Crippen MR) is 139 cm³/mol. The van der Waals surface area contributed by atoms with Gasteiger partial charge in [0.05, 0.1) is 6.61 Å². The van der Waals surface area contributed by atoms with Crippen molar-refractivity contribution < 1.29 is 19.5 Å². The molecule has 0 bridgehead atoms. The second kappa shape index (κ2) is 11.5. The van der Waals surface area contributed by atoms with Crippen molar-refractivity contribution in [3.63, 3.8) is 0 Å². The SMILES string of the molecule is C=CC(=O)N1CCCC1C(=O)N(c1ccc(C(C)(C)C)cc1)C(C(=O)NC(C)CO)c1cccnc1. The molecular weight excluding hydrogens is 456 g/mol. The first-order valence-electron chi connectivity index (χ1n) is 12.3. The number of nitrogens with zero attached hydrogens (tertiary/aromatic N) is 3. The minimum absolute atomic E-state index is 0.0946. The monoisotopic (exact) mass is 492 g/mol. The number of aliphatic hydroxyl groups excluding tert-OH is 1. The minimum Gasteiger partial charge on any atom is -0.394 e.